The molecule has 3 nitrogen and oxygen atoms in total. The molecule has 1 aromatic heterocycles. The predicted molar refractivity (Wildman–Crippen MR) is 68.2 cm³/mol. The molecule has 1 saturated heterocycles. The molecule has 86 valence electrons. The first kappa shape index (κ1) is 14.5. The lowest BCUT2D eigenvalue weighted by Gasteiger charge is -2.24. The zero-order valence-electron chi connectivity index (χ0n) is 8.48. The molecule has 2 N–H and O–H groups in total. The topological polar surface area (TPSA) is 37.0 Å². The van der Waals surface area contributed by atoms with Crippen molar-refractivity contribution in [2.24, 2.45) is 0 Å². The number of rotatable bonds is 2. The van der Waals surface area contributed by atoms with E-state index in [9.17, 15) is 0 Å². The summed E-state index contributed by atoms with van der Waals surface area (Å²) in [6.07, 6.45) is 6.08. The van der Waals surface area contributed by atoms with Crippen LogP contribution in [-0.4, -0.2) is 24.1 Å². The molecule has 0 unspecified atom stereocenters. The maximum absolute atomic E-state index is 4.07. The highest BCUT2D eigenvalue weighted by Crippen LogP contribution is 2.11. The summed E-state index contributed by atoms with van der Waals surface area (Å²) >= 11 is 0. The standard InChI is InChI=1S/C10H15N3.2ClH/c1-2-10(8-12-5-1)13-9-3-6-11-7-4-9;;/h1-2,5,8-9,11,13H,3-4,6-7H2;2*1H. The molecule has 0 aliphatic carbocycles. The zero-order valence-corrected chi connectivity index (χ0v) is 10.1. The molecule has 0 radical (unpaired) electrons. The molecule has 5 heteroatoms. The molecule has 0 spiro atoms. The molecule has 1 aromatic rings. The van der Waals surface area contributed by atoms with Crippen LogP contribution >= 0.6 is 24.8 Å². The number of hydrogen-bond acceptors (Lipinski definition) is 3. The van der Waals surface area contributed by atoms with Crippen molar-refractivity contribution in [1.29, 1.82) is 0 Å². The molecule has 1 aliphatic rings. The average Bonchev–Trinajstić information content (AvgIpc) is 2.21. The van der Waals surface area contributed by atoms with Crippen molar-refractivity contribution in [2.45, 2.75) is 18.9 Å². The van der Waals surface area contributed by atoms with Crippen LogP contribution in [0.4, 0.5) is 5.69 Å². The van der Waals surface area contributed by atoms with Crippen LogP contribution in [0.2, 0.25) is 0 Å². The zero-order chi connectivity index (χ0) is 8.93. The molecule has 0 atom stereocenters. The fraction of sp³-hybridized carbons (Fsp3) is 0.500. The van der Waals surface area contributed by atoms with Gasteiger partial charge in [0.15, 0.2) is 0 Å². The van der Waals surface area contributed by atoms with Gasteiger partial charge in [0.1, 0.15) is 0 Å². The van der Waals surface area contributed by atoms with Gasteiger partial charge in [-0.1, -0.05) is 0 Å². The Bertz CT molecular complexity index is 250. The molecule has 1 aliphatic heterocycles. The molecule has 1 fully saturated rings. The Balaban J connectivity index is 0.000000980. The summed E-state index contributed by atoms with van der Waals surface area (Å²) in [7, 11) is 0. The summed E-state index contributed by atoms with van der Waals surface area (Å²) in [5.41, 5.74) is 1.13. The number of nitrogens with one attached hydrogen (secondary N) is 2. The van der Waals surface area contributed by atoms with Crippen LogP contribution in [0.25, 0.3) is 0 Å². The van der Waals surface area contributed by atoms with Gasteiger partial charge in [0.2, 0.25) is 0 Å². The van der Waals surface area contributed by atoms with Gasteiger partial charge in [-0.05, 0) is 38.1 Å². The van der Waals surface area contributed by atoms with E-state index >= 15 is 0 Å². The Morgan fingerprint density at radius 1 is 1.27 bits per heavy atom. The van der Waals surface area contributed by atoms with Crippen LogP contribution in [0.15, 0.2) is 24.5 Å². The Morgan fingerprint density at radius 3 is 2.60 bits per heavy atom. The molecule has 2 rings (SSSR count). The number of hydrogen-bond donors (Lipinski definition) is 2. The first-order valence-corrected chi connectivity index (χ1v) is 4.82. The third-order valence-corrected chi connectivity index (χ3v) is 2.37. The van der Waals surface area contributed by atoms with Gasteiger partial charge in [-0.25, -0.2) is 0 Å². The van der Waals surface area contributed by atoms with E-state index < -0.39 is 0 Å². The van der Waals surface area contributed by atoms with E-state index in [1.807, 2.05) is 12.3 Å². The fourth-order valence-electron chi connectivity index (χ4n) is 1.65. The maximum atomic E-state index is 4.07. The van der Waals surface area contributed by atoms with Crippen molar-refractivity contribution in [1.82, 2.24) is 10.3 Å². The third kappa shape index (κ3) is 4.69. The molecule has 0 bridgehead atoms. The van der Waals surface area contributed by atoms with Gasteiger partial charge in [-0.2, -0.15) is 0 Å². The summed E-state index contributed by atoms with van der Waals surface area (Å²) in [5.74, 6) is 0. The van der Waals surface area contributed by atoms with Gasteiger partial charge in [0, 0.05) is 18.4 Å². The van der Waals surface area contributed by atoms with Crippen LogP contribution in [0.3, 0.4) is 0 Å². The molecule has 0 saturated carbocycles. The predicted octanol–water partition coefficient (Wildman–Crippen LogP) is 2.09. The number of aromatic nitrogens is 1. The lowest BCUT2D eigenvalue weighted by Crippen LogP contribution is -2.35. The van der Waals surface area contributed by atoms with E-state index in [4.69, 9.17) is 0 Å². The molecular weight excluding hydrogens is 233 g/mol. The number of pyridine rings is 1. The lowest BCUT2D eigenvalue weighted by molar-refractivity contribution is 0.479. The van der Waals surface area contributed by atoms with Crippen molar-refractivity contribution >= 4 is 30.5 Å². The van der Waals surface area contributed by atoms with E-state index in [-0.39, 0.29) is 24.8 Å². The van der Waals surface area contributed by atoms with E-state index in [0.717, 1.165) is 18.8 Å². The van der Waals surface area contributed by atoms with Gasteiger partial charge in [-0.15, -0.1) is 24.8 Å². The monoisotopic (exact) mass is 249 g/mol. The lowest BCUT2D eigenvalue weighted by atomic mass is 10.1. The smallest absolute Gasteiger partial charge is 0.0528 e. The third-order valence-electron chi connectivity index (χ3n) is 2.37. The minimum Gasteiger partial charge on any atom is -0.381 e. The number of halogens is 2. The molecule has 0 amide bonds. The summed E-state index contributed by atoms with van der Waals surface area (Å²) in [6, 6.07) is 4.64. The maximum Gasteiger partial charge on any atom is 0.0528 e. The van der Waals surface area contributed by atoms with E-state index in [2.05, 4.69) is 21.7 Å². The minimum atomic E-state index is 0. The van der Waals surface area contributed by atoms with E-state index in [0.29, 0.717) is 6.04 Å². The van der Waals surface area contributed by atoms with Crippen LogP contribution in [-0.2, 0) is 0 Å². The molecule has 15 heavy (non-hydrogen) atoms. The summed E-state index contributed by atoms with van der Waals surface area (Å²) in [4.78, 5) is 4.07. The van der Waals surface area contributed by atoms with Gasteiger partial charge in [0.25, 0.3) is 0 Å². The highest BCUT2D eigenvalue weighted by atomic mass is 35.5. The van der Waals surface area contributed by atoms with Crippen LogP contribution in [0.1, 0.15) is 12.8 Å². The SMILES string of the molecule is Cl.Cl.c1cncc(NC2CCNCC2)c1. The highest BCUT2D eigenvalue weighted by Gasteiger charge is 2.11. The van der Waals surface area contributed by atoms with Gasteiger partial charge < -0.3 is 10.6 Å². The van der Waals surface area contributed by atoms with Crippen molar-refractivity contribution in [2.75, 3.05) is 18.4 Å². The molecular formula is C10H17Cl2N3. The Labute approximate surface area is 103 Å². The molecule has 2 heterocycles. The quantitative estimate of drug-likeness (QED) is 0.843. The Kier molecular flexibility index (Phi) is 7.48. The average molecular weight is 250 g/mol. The van der Waals surface area contributed by atoms with Crippen molar-refractivity contribution in [3.63, 3.8) is 0 Å². The fourth-order valence-corrected chi connectivity index (χ4v) is 1.65. The van der Waals surface area contributed by atoms with E-state index in [1.54, 1.807) is 6.20 Å². The number of piperidine rings is 1. The Hall–Kier alpha value is -0.510. The minimum absolute atomic E-state index is 0. The van der Waals surface area contributed by atoms with Crippen molar-refractivity contribution in [3.05, 3.63) is 24.5 Å². The summed E-state index contributed by atoms with van der Waals surface area (Å²) < 4.78 is 0. The van der Waals surface area contributed by atoms with Crippen LogP contribution in [0.5, 0.6) is 0 Å². The number of nitrogens with zero attached hydrogens (tertiary/aromatic N) is 1. The van der Waals surface area contributed by atoms with Gasteiger partial charge in [0.05, 0.1) is 5.69 Å². The second-order valence-corrected chi connectivity index (χ2v) is 3.41. The normalized spacial score (nSPS) is 16.0. The largest absolute Gasteiger partial charge is 0.381 e. The van der Waals surface area contributed by atoms with E-state index in [1.165, 1.54) is 12.8 Å². The first-order chi connectivity index (χ1) is 6.45. The molecule has 0 aromatic carbocycles. The number of anilines is 1. The summed E-state index contributed by atoms with van der Waals surface area (Å²) in [6.45, 7) is 2.25. The Morgan fingerprint density at radius 2 is 2.00 bits per heavy atom. The van der Waals surface area contributed by atoms with Crippen molar-refractivity contribution < 1.29 is 0 Å². The van der Waals surface area contributed by atoms with Crippen molar-refractivity contribution in [3.8, 4) is 0 Å². The van der Waals surface area contributed by atoms with Crippen LogP contribution in [0, 0.1) is 0 Å². The summed E-state index contributed by atoms with van der Waals surface area (Å²) in [5, 5.41) is 6.82. The second-order valence-electron chi connectivity index (χ2n) is 3.41. The van der Waals surface area contributed by atoms with Gasteiger partial charge in [-0.3, -0.25) is 4.98 Å². The van der Waals surface area contributed by atoms with Gasteiger partial charge >= 0.3 is 0 Å². The first-order valence-electron chi connectivity index (χ1n) is 4.82. The highest BCUT2D eigenvalue weighted by molar-refractivity contribution is 5.85. The second kappa shape index (κ2) is 7.74. The van der Waals surface area contributed by atoms with Crippen LogP contribution < -0.4 is 10.6 Å².